The van der Waals surface area contributed by atoms with Gasteiger partial charge < -0.3 is 9.73 Å². The smallest absolute Gasteiger partial charge is 0.195 e. The van der Waals surface area contributed by atoms with Crippen LogP contribution in [0.2, 0.25) is 0 Å². The highest BCUT2D eigenvalue weighted by molar-refractivity contribution is 7.97. The number of nitrogens with one attached hydrogen (secondary N) is 1. The summed E-state index contributed by atoms with van der Waals surface area (Å²) in [5.74, 6) is 2.32. The quantitative estimate of drug-likeness (QED) is 0.835. The van der Waals surface area contributed by atoms with E-state index in [2.05, 4.69) is 49.9 Å². The van der Waals surface area contributed by atoms with Crippen LogP contribution in [0.1, 0.15) is 31.1 Å². The van der Waals surface area contributed by atoms with Crippen molar-refractivity contribution in [2.45, 2.75) is 25.5 Å². The Kier molecular flexibility index (Phi) is 4.37. The van der Waals surface area contributed by atoms with Gasteiger partial charge in [-0.3, -0.25) is 0 Å². The Balaban J connectivity index is 2.17. The van der Waals surface area contributed by atoms with Crippen molar-refractivity contribution >= 4 is 23.1 Å². The van der Waals surface area contributed by atoms with E-state index in [-0.39, 0.29) is 0 Å². The van der Waals surface area contributed by atoms with Crippen molar-refractivity contribution in [2.24, 2.45) is 0 Å². The van der Waals surface area contributed by atoms with Gasteiger partial charge in [-0.25, -0.2) is 0 Å². The fraction of sp³-hybridized carbons (Fsp3) is 0.333. The van der Waals surface area contributed by atoms with Crippen molar-refractivity contribution in [2.75, 3.05) is 11.6 Å². The van der Waals surface area contributed by atoms with Gasteiger partial charge in [0.2, 0.25) is 0 Å². The highest BCUT2D eigenvalue weighted by atomic mass is 32.2. The van der Waals surface area contributed by atoms with E-state index >= 15 is 0 Å². The molecule has 0 atom stereocenters. The minimum absolute atomic E-state index is 0.492. The van der Waals surface area contributed by atoms with Crippen molar-refractivity contribution in [1.29, 1.82) is 0 Å². The summed E-state index contributed by atoms with van der Waals surface area (Å²) in [6, 6.07) is 10.4. The topological polar surface area (TPSA) is 25.2 Å². The van der Waals surface area contributed by atoms with E-state index < -0.39 is 0 Å². The largest absolute Gasteiger partial charge is 0.455 e. The van der Waals surface area contributed by atoms with Gasteiger partial charge in [-0.05, 0) is 23.8 Å². The van der Waals surface area contributed by atoms with Crippen molar-refractivity contribution in [3.63, 3.8) is 0 Å². The van der Waals surface area contributed by atoms with E-state index in [4.69, 9.17) is 4.42 Å². The molecular weight excluding hydrogens is 242 g/mol. The number of thioether (sulfide) groups is 1. The molecular formula is C15H18NOS. The normalized spacial score (nSPS) is 10.9. The lowest BCUT2D eigenvalue weighted by Gasteiger charge is -2.12. The van der Waals surface area contributed by atoms with Gasteiger partial charge in [-0.2, -0.15) is 11.8 Å². The van der Waals surface area contributed by atoms with E-state index in [0.717, 1.165) is 22.9 Å². The summed E-state index contributed by atoms with van der Waals surface area (Å²) in [6.45, 7) is 4.39. The number of rotatable bonds is 5. The van der Waals surface area contributed by atoms with E-state index in [1.54, 1.807) is 11.8 Å². The Morgan fingerprint density at radius 3 is 2.83 bits per heavy atom. The molecule has 0 amide bonds. The van der Waals surface area contributed by atoms with Crippen LogP contribution in [0.5, 0.6) is 0 Å². The molecule has 0 saturated carbocycles. The second kappa shape index (κ2) is 6.01. The molecule has 0 unspecified atom stereocenters. The molecule has 0 bridgehead atoms. The summed E-state index contributed by atoms with van der Waals surface area (Å²) in [6.07, 6.45) is 4.96. The van der Waals surface area contributed by atoms with Crippen LogP contribution in [-0.2, 0) is 5.75 Å². The van der Waals surface area contributed by atoms with Crippen LogP contribution in [0.15, 0.2) is 34.7 Å². The van der Waals surface area contributed by atoms with Crippen LogP contribution in [0.25, 0.3) is 0 Å². The molecule has 0 aliphatic carbocycles. The Bertz CT molecular complexity index is 505. The van der Waals surface area contributed by atoms with E-state index in [1.807, 2.05) is 12.1 Å². The highest BCUT2D eigenvalue weighted by Crippen LogP contribution is 2.27. The van der Waals surface area contributed by atoms with E-state index in [9.17, 15) is 0 Å². The maximum Gasteiger partial charge on any atom is 0.195 e. The molecule has 1 radical (unpaired) electrons. The Labute approximate surface area is 113 Å². The summed E-state index contributed by atoms with van der Waals surface area (Å²) in [7, 11) is 0. The number of para-hydroxylation sites is 1. The van der Waals surface area contributed by atoms with Crippen molar-refractivity contribution < 1.29 is 4.42 Å². The Morgan fingerprint density at radius 2 is 2.11 bits per heavy atom. The fourth-order valence-electron chi connectivity index (χ4n) is 1.87. The van der Waals surface area contributed by atoms with Gasteiger partial charge in [0.15, 0.2) is 6.26 Å². The average molecular weight is 260 g/mol. The lowest BCUT2D eigenvalue weighted by molar-refractivity contribution is 0.523. The first-order chi connectivity index (χ1) is 8.70. The minimum atomic E-state index is 0.492. The van der Waals surface area contributed by atoms with Crippen LogP contribution in [0.3, 0.4) is 0 Å². The summed E-state index contributed by atoms with van der Waals surface area (Å²) in [4.78, 5) is 0. The molecule has 95 valence electrons. The fourth-order valence-corrected chi connectivity index (χ4v) is 2.30. The lowest BCUT2D eigenvalue weighted by Crippen LogP contribution is -1.96. The van der Waals surface area contributed by atoms with Crippen LogP contribution >= 0.6 is 11.8 Å². The highest BCUT2D eigenvalue weighted by Gasteiger charge is 2.08. The molecule has 0 aliphatic heterocycles. The van der Waals surface area contributed by atoms with Crippen molar-refractivity contribution in [1.82, 2.24) is 0 Å². The van der Waals surface area contributed by atoms with E-state index in [0.29, 0.717) is 5.92 Å². The molecule has 2 rings (SSSR count). The Hall–Kier alpha value is -1.35. The third-order valence-electron chi connectivity index (χ3n) is 2.74. The van der Waals surface area contributed by atoms with Gasteiger partial charge in [0.05, 0.1) is 11.4 Å². The zero-order chi connectivity index (χ0) is 13.0. The van der Waals surface area contributed by atoms with Crippen LogP contribution < -0.4 is 5.32 Å². The zero-order valence-corrected chi connectivity index (χ0v) is 11.8. The molecule has 2 nitrogen and oxygen atoms in total. The second-order valence-electron chi connectivity index (χ2n) is 4.53. The molecule has 3 heteroatoms. The van der Waals surface area contributed by atoms with Gasteiger partial charge in [-0.15, -0.1) is 0 Å². The predicted molar refractivity (Wildman–Crippen MR) is 78.6 cm³/mol. The first-order valence-electron chi connectivity index (χ1n) is 6.06. The van der Waals surface area contributed by atoms with Crippen LogP contribution in [-0.4, -0.2) is 6.26 Å². The molecule has 1 aromatic heterocycles. The maximum atomic E-state index is 5.37. The number of benzene rings is 1. The molecule has 0 fully saturated rings. The third kappa shape index (κ3) is 3.10. The number of hydrogen-bond donors (Lipinski definition) is 1. The first kappa shape index (κ1) is 13.1. The average Bonchev–Trinajstić information content (AvgIpc) is 2.77. The monoisotopic (exact) mass is 260 g/mol. The minimum Gasteiger partial charge on any atom is -0.455 e. The number of anilines is 2. The molecule has 1 N–H and O–H groups in total. The van der Waals surface area contributed by atoms with Gasteiger partial charge >= 0.3 is 0 Å². The van der Waals surface area contributed by atoms with Crippen LogP contribution in [0, 0.1) is 6.26 Å². The maximum absolute atomic E-state index is 5.37. The zero-order valence-electron chi connectivity index (χ0n) is 11.0. The molecule has 1 heterocycles. The lowest BCUT2D eigenvalue weighted by atomic mass is 10.0. The molecule has 0 saturated heterocycles. The Morgan fingerprint density at radius 1 is 1.33 bits per heavy atom. The van der Waals surface area contributed by atoms with Gasteiger partial charge in [0.25, 0.3) is 0 Å². The molecule has 2 aromatic rings. The van der Waals surface area contributed by atoms with Gasteiger partial charge in [-0.1, -0.05) is 32.0 Å². The second-order valence-corrected chi connectivity index (χ2v) is 5.39. The SMILES string of the molecule is CSCc1cc(Nc2ccccc2C(C)C)[c]o1. The standard InChI is InChI=1S/C15H18NOS/c1-11(2)14-6-4-5-7-15(14)16-12-8-13(10-18-3)17-9-12/h4-8,11,16H,10H2,1-3H3. The molecule has 18 heavy (non-hydrogen) atoms. The summed E-state index contributed by atoms with van der Waals surface area (Å²) in [5.41, 5.74) is 3.32. The first-order valence-corrected chi connectivity index (χ1v) is 7.45. The molecule has 1 aromatic carbocycles. The number of hydrogen-bond acceptors (Lipinski definition) is 3. The third-order valence-corrected chi connectivity index (χ3v) is 3.31. The van der Waals surface area contributed by atoms with Crippen molar-refractivity contribution in [3.8, 4) is 0 Å². The molecule has 0 aliphatic rings. The van der Waals surface area contributed by atoms with Gasteiger partial charge in [0, 0.05) is 11.8 Å². The summed E-state index contributed by atoms with van der Waals surface area (Å²) in [5, 5.41) is 3.37. The van der Waals surface area contributed by atoms with Crippen LogP contribution in [0.4, 0.5) is 11.4 Å². The summed E-state index contributed by atoms with van der Waals surface area (Å²) < 4.78 is 5.37. The summed E-state index contributed by atoms with van der Waals surface area (Å²) >= 11 is 1.74. The van der Waals surface area contributed by atoms with E-state index in [1.165, 1.54) is 5.56 Å². The number of furan rings is 1. The molecule has 0 spiro atoms. The predicted octanol–water partition coefficient (Wildman–Crippen LogP) is 4.81. The van der Waals surface area contributed by atoms with Crippen molar-refractivity contribution in [3.05, 3.63) is 47.9 Å². The van der Waals surface area contributed by atoms with Gasteiger partial charge in [0.1, 0.15) is 5.76 Å².